The van der Waals surface area contributed by atoms with Crippen LogP contribution in [0.15, 0.2) is 36.7 Å². The highest BCUT2D eigenvalue weighted by molar-refractivity contribution is 5.93. The Hall–Kier alpha value is -3.00. The monoisotopic (exact) mass is 426 g/mol. The summed E-state index contributed by atoms with van der Waals surface area (Å²) in [6, 6.07) is 8.83. The van der Waals surface area contributed by atoms with Crippen LogP contribution < -0.4 is 14.8 Å². The first-order valence-electron chi connectivity index (χ1n) is 10.5. The van der Waals surface area contributed by atoms with Gasteiger partial charge in [-0.05, 0) is 37.5 Å². The van der Waals surface area contributed by atoms with Gasteiger partial charge in [0.1, 0.15) is 36.8 Å². The zero-order valence-corrected chi connectivity index (χ0v) is 17.3. The molecule has 162 valence electrons. The summed E-state index contributed by atoms with van der Waals surface area (Å²) in [5.74, 6) is 1.40. The molecule has 0 amide bonds. The van der Waals surface area contributed by atoms with Crippen molar-refractivity contribution in [3.63, 3.8) is 0 Å². The Kier molecular flexibility index (Phi) is 5.31. The Bertz CT molecular complexity index is 1100. The van der Waals surface area contributed by atoms with E-state index in [1.165, 1.54) is 6.33 Å². The van der Waals surface area contributed by atoms with Gasteiger partial charge in [0.05, 0.1) is 11.2 Å². The minimum atomic E-state index is -0.698. The topological polar surface area (TPSA) is 59.5 Å². The number of nitrogens with one attached hydrogen (secondary N) is 1. The maximum Gasteiger partial charge on any atom is 0.163 e. The van der Waals surface area contributed by atoms with Crippen LogP contribution in [0.3, 0.4) is 0 Å². The highest BCUT2D eigenvalue weighted by Crippen LogP contribution is 2.38. The van der Waals surface area contributed by atoms with Crippen molar-refractivity contribution >= 4 is 22.4 Å². The van der Waals surface area contributed by atoms with Crippen molar-refractivity contribution in [3.8, 4) is 11.5 Å². The summed E-state index contributed by atoms with van der Waals surface area (Å²) in [6.07, 6.45) is 1.73. The summed E-state index contributed by atoms with van der Waals surface area (Å²) in [4.78, 5) is 10.9. The first-order valence-corrected chi connectivity index (χ1v) is 10.5. The molecule has 1 aromatic heterocycles. The number of nitrogens with zero attached hydrogens (tertiary/aromatic N) is 3. The summed E-state index contributed by atoms with van der Waals surface area (Å²) < 4.78 is 40.0. The number of fused-ring (bicyclic) bond motifs is 2. The van der Waals surface area contributed by atoms with E-state index in [2.05, 4.69) is 20.2 Å². The molecule has 0 radical (unpaired) electrons. The van der Waals surface area contributed by atoms with Crippen LogP contribution in [0.2, 0.25) is 0 Å². The van der Waals surface area contributed by atoms with Crippen molar-refractivity contribution in [1.82, 2.24) is 14.9 Å². The van der Waals surface area contributed by atoms with Crippen LogP contribution in [0.1, 0.15) is 18.4 Å². The quantitative estimate of drug-likeness (QED) is 0.668. The summed E-state index contributed by atoms with van der Waals surface area (Å²) in [5, 5.41) is 3.79. The third-order valence-electron chi connectivity index (χ3n) is 5.84. The zero-order chi connectivity index (χ0) is 21.4. The molecular formula is C23H24F2N4O2. The Morgan fingerprint density at radius 1 is 1.16 bits per heavy atom. The number of piperidine rings is 1. The fourth-order valence-electron chi connectivity index (χ4n) is 4.10. The average molecular weight is 426 g/mol. The molecule has 6 nitrogen and oxygen atoms in total. The first kappa shape index (κ1) is 19.9. The van der Waals surface area contributed by atoms with Crippen LogP contribution in [0, 0.1) is 12.7 Å². The van der Waals surface area contributed by atoms with Gasteiger partial charge in [-0.15, -0.1) is 0 Å². The number of alkyl halides is 1. The molecule has 0 saturated carbocycles. The number of rotatable bonds is 4. The van der Waals surface area contributed by atoms with Gasteiger partial charge >= 0.3 is 0 Å². The molecular weight excluding hydrogens is 402 g/mol. The van der Waals surface area contributed by atoms with Crippen molar-refractivity contribution in [2.75, 3.05) is 31.6 Å². The first-order chi connectivity index (χ1) is 15.1. The lowest BCUT2D eigenvalue weighted by Gasteiger charge is -2.34. The minimum absolute atomic E-state index is 0.142. The fourth-order valence-corrected chi connectivity index (χ4v) is 4.10. The van der Waals surface area contributed by atoms with E-state index in [1.807, 2.05) is 12.1 Å². The third-order valence-corrected chi connectivity index (χ3v) is 5.84. The van der Waals surface area contributed by atoms with Crippen LogP contribution in [0.25, 0.3) is 10.9 Å². The second-order valence-electron chi connectivity index (χ2n) is 8.13. The molecule has 3 aromatic rings. The molecule has 2 aliphatic heterocycles. The second-order valence-corrected chi connectivity index (χ2v) is 8.13. The second kappa shape index (κ2) is 8.26. The van der Waals surface area contributed by atoms with Gasteiger partial charge < -0.3 is 14.8 Å². The van der Waals surface area contributed by atoms with E-state index in [-0.39, 0.29) is 11.9 Å². The predicted octanol–water partition coefficient (Wildman–Crippen LogP) is 4.39. The van der Waals surface area contributed by atoms with Crippen molar-refractivity contribution in [2.24, 2.45) is 0 Å². The standard InChI is InChI=1S/C23H24F2N4O2/c1-14-3-2-4-18(22(14)25)28-23-17-9-21-20(10-19(17)26-13-27-23)30-12-16(31-21)11-29-7-5-15(24)6-8-29/h2-4,9-10,13,15-16H,5-8,11-12H2,1H3,(H,26,27,28)/t16-/m0/s1. The molecule has 31 heavy (non-hydrogen) atoms. The van der Waals surface area contributed by atoms with E-state index in [1.54, 1.807) is 25.1 Å². The van der Waals surface area contributed by atoms with Crippen LogP contribution in [-0.4, -0.2) is 53.4 Å². The number of anilines is 2. The number of benzene rings is 2. The number of ether oxygens (including phenoxy) is 2. The molecule has 0 spiro atoms. The van der Waals surface area contributed by atoms with Crippen molar-refractivity contribution in [3.05, 3.63) is 48.0 Å². The molecule has 1 atom stereocenters. The Morgan fingerprint density at radius 3 is 2.84 bits per heavy atom. The van der Waals surface area contributed by atoms with Gasteiger partial charge in [-0.1, -0.05) is 12.1 Å². The lowest BCUT2D eigenvalue weighted by Crippen LogP contribution is -2.44. The SMILES string of the molecule is Cc1cccc(Nc2ncnc3cc4c(cc23)O[C@@H](CN2CCC(F)CC2)CO4)c1F. The fraction of sp³-hybridized carbons (Fsp3) is 0.391. The molecule has 3 heterocycles. The number of aryl methyl sites for hydroxylation is 1. The molecule has 1 saturated heterocycles. The number of halogens is 2. The molecule has 1 fully saturated rings. The van der Waals surface area contributed by atoms with Gasteiger partial charge in [-0.3, -0.25) is 4.90 Å². The Morgan fingerprint density at radius 2 is 2.00 bits per heavy atom. The van der Waals surface area contributed by atoms with E-state index < -0.39 is 6.17 Å². The minimum Gasteiger partial charge on any atom is -0.486 e. The van der Waals surface area contributed by atoms with Gasteiger partial charge in [0, 0.05) is 31.1 Å². The number of aromatic nitrogens is 2. The van der Waals surface area contributed by atoms with Gasteiger partial charge in [0.25, 0.3) is 0 Å². The predicted molar refractivity (Wildman–Crippen MR) is 114 cm³/mol. The molecule has 2 aromatic carbocycles. The third kappa shape index (κ3) is 4.12. The number of hydrogen-bond acceptors (Lipinski definition) is 6. The van der Waals surface area contributed by atoms with Crippen molar-refractivity contribution in [2.45, 2.75) is 32.0 Å². The summed E-state index contributed by atoms with van der Waals surface area (Å²) >= 11 is 0. The van der Waals surface area contributed by atoms with Gasteiger partial charge in [0.15, 0.2) is 11.5 Å². The van der Waals surface area contributed by atoms with Crippen molar-refractivity contribution < 1.29 is 18.3 Å². The highest BCUT2D eigenvalue weighted by atomic mass is 19.1. The van der Waals surface area contributed by atoms with Gasteiger partial charge in [-0.2, -0.15) is 0 Å². The Labute approximate surface area is 179 Å². The van der Waals surface area contributed by atoms with Crippen LogP contribution in [0.4, 0.5) is 20.3 Å². The molecule has 0 aliphatic carbocycles. The maximum atomic E-state index is 14.5. The number of likely N-dealkylation sites (tertiary alicyclic amines) is 1. The van der Waals surface area contributed by atoms with Crippen LogP contribution >= 0.6 is 0 Å². The summed E-state index contributed by atoms with van der Waals surface area (Å²) in [7, 11) is 0. The van der Waals surface area contributed by atoms with Crippen molar-refractivity contribution in [1.29, 1.82) is 0 Å². The molecule has 1 N–H and O–H groups in total. The van der Waals surface area contributed by atoms with Crippen LogP contribution in [-0.2, 0) is 0 Å². The number of hydrogen-bond donors (Lipinski definition) is 1. The van der Waals surface area contributed by atoms with Gasteiger partial charge in [0.2, 0.25) is 0 Å². The summed E-state index contributed by atoms with van der Waals surface area (Å²) in [6.45, 7) is 4.30. The van der Waals surface area contributed by atoms with E-state index in [4.69, 9.17) is 9.47 Å². The lowest BCUT2D eigenvalue weighted by atomic mass is 10.1. The zero-order valence-electron chi connectivity index (χ0n) is 17.3. The van der Waals surface area contributed by atoms with Crippen LogP contribution in [0.5, 0.6) is 11.5 Å². The molecule has 0 unspecified atom stereocenters. The lowest BCUT2D eigenvalue weighted by molar-refractivity contribution is 0.0445. The molecule has 5 rings (SSSR count). The Balaban J connectivity index is 1.39. The smallest absolute Gasteiger partial charge is 0.163 e. The largest absolute Gasteiger partial charge is 0.486 e. The normalized spacial score (nSPS) is 19.5. The molecule has 2 aliphatic rings. The molecule has 8 heteroatoms. The van der Waals surface area contributed by atoms with E-state index in [0.29, 0.717) is 65.5 Å². The van der Waals surface area contributed by atoms with E-state index >= 15 is 0 Å². The summed E-state index contributed by atoms with van der Waals surface area (Å²) in [5.41, 5.74) is 1.58. The van der Waals surface area contributed by atoms with E-state index in [9.17, 15) is 8.78 Å². The van der Waals surface area contributed by atoms with E-state index in [0.717, 1.165) is 13.1 Å². The average Bonchev–Trinajstić information content (AvgIpc) is 2.77. The maximum absolute atomic E-state index is 14.5. The molecule has 0 bridgehead atoms. The van der Waals surface area contributed by atoms with Gasteiger partial charge in [-0.25, -0.2) is 18.7 Å². The highest BCUT2D eigenvalue weighted by Gasteiger charge is 2.27.